The Bertz CT molecular complexity index is 789. The number of thioether (sulfide) groups is 1. The fraction of sp³-hybridized carbons (Fsp3) is 0.375. The number of amides is 2. The van der Waals surface area contributed by atoms with E-state index in [-0.39, 0.29) is 30.2 Å². The number of thiophene rings is 1. The summed E-state index contributed by atoms with van der Waals surface area (Å²) in [6.07, 6.45) is -0.00884. The van der Waals surface area contributed by atoms with E-state index in [1.165, 1.54) is 30.2 Å². The number of aliphatic carboxylic acids is 1. The van der Waals surface area contributed by atoms with Crippen LogP contribution in [0.4, 0.5) is 0 Å². The minimum Gasteiger partial charge on any atom is -0.477 e. The van der Waals surface area contributed by atoms with Crippen LogP contribution in [0.15, 0.2) is 28.8 Å². The molecule has 0 aromatic carbocycles. The first kappa shape index (κ1) is 18.5. The van der Waals surface area contributed by atoms with Gasteiger partial charge in [-0.2, -0.15) is 0 Å². The van der Waals surface area contributed by atoms with E-state index in [1.807, 2.05) is 17.5 Å². The lowest BCUT2D eigenvalue weighted by molar-refractivity contribution is -0.150. The molecular formula is C16H16N2O6S2. The van der Waals surface area contributed by atoms with Crippen LogP contribution >= 0.6 is 23.1 Å². The largest absolute Gasteiger partial charge is 0.477 e. The fourth-order valence-electron chi connectivity index (χ4n) is 2.86. The predicted molar refractivity (Wildman–Crippen MR) is 94.3 cm³/mol. The molecule has 3 heterocycles. The minimum atomic E-state index is -1.27. The summed E-state index contributed by atoms with van der Waals surface area (Å²) in [5.41, 5.74) is 0.148. The zero-order valence-corrected chi connectivity index (χ0v) is 15.4. The van der Waals surface area contributed by atoms with Gasteiger partial charge in [-0.05, 0) is 17.0 Å². The molecule has 1 aromatic heterocycles. The second-order valence-electron chi connectivity index (χ2n) is 5.72. The van der Waals surface area contributed by atoms with E-state index in [2.05, 4.69) is 10.1 Å². The maximum Gasteiger partial charge on any atom is 0.352 e. The number of hydrogen-bond acceptors (Lipinski definition) is 7. The molecule has 138 valence electrons. The first-order valence-corrected chi connectivity index (χ1v) is 9.63. The van der Waals surface area contributed by atoms with E-state index in [1.54, 1.807) is 0 Å². The summed E-state index contributed by atoms with van der Waals surface area (Å²) in [4.78, 5) is 49.7. The van der Waals surface area contributed by atoms with Crippen molar-refractivity contribution in [1.29, 1.82) is 0 Å². The molecule has 8 nitrogen and oxygen atoms in total. The van der Waals surface area contributed by atoms with Gasteiger partial charge < -0.3 is 15.2 Å². The van der Waals surface area contributed by atoms with Crippen LogP contribution in [0, 0.1) is 0 Å². The Labute approximate surface area is 157 Å². The molecule has 0 saturated carbocycles. The van der Waals surface area contributed by atoms with Gasteiger partial charge in [0.1, 0.15) is 17.1 Å². The van der Waals surface area contributed by atoms with Gasteiger partial charge in [0.05, 0.1) is 20.0 Å². The number of carbonyl (C=O) groups excluding carboxylic acids is 3. The topological polar surface area (TPSA) is 113 Å². The Hall–Kier alpha value is -2.33. The molecule has 0 bridgehead atoms. The van der Waals surface area contributed by atoms with E-state index < -0.39 is 29.3 Å². The van der Waals surface area contributed by atoms with Crippen LogP contribution < -0.4 is 5.32 Å². The number of methoxy groups -OCH3 is 1. The maximum atomic E-state index is 12.4. The van der Waals surface area contributed by atoms with Gasteiger partial charge in [-0.1, -0.05) is 6.07 Å². The van der Waals surface area contributed by atoms with Crippen molar-refractivity contribution in [3.63, 3.8) is 0 Å². The Morgan fingerprint density at radius 2 is 2.15 bits per heavy atom. The first-order chi connectivity index (χ1) is 12.4. The summed E-state index contributed by atoms with van der Waals surface area (Å²) in [5.74, 6) is -2.33. The number of β-lactam (4-membered cyclic amide) rings is 1. The van der Waals surface area contributed by atoms with Gasteiger partial charge in [0.25, 0.3) is 5.91 Å². The molecule has 2 N–H and O–H groups in total. The van der Waals surface area contributed by atoms with E-state index in [0.717, 1.165) is 9.78 Å². The Balaban J connectivity index is 1.71. The van der Waals surface area contributed by atoms with E-state index in [9.17, 15) is 24.3 Å². The van der Waals surface area contributed by atoms with Crippen LogP contribution in [0.3, 0.4) is 0 Å². The normalized spacial score (nSPS) is 21.7. The second kappa shape index (κ2) is 7.50. The van der Waals surface area contributed by atoms with Crippen molar-refractivity contribution in [2.75, 3.05) is 12.9 Å². The monoisotopic (exact) mass is 396 g/mol. The van der Waals surface area contributed by atoms with E-state index >= 15 is 0 Å². The zero-order valence-electron chi connectivity index (χ0n) is 13.8. The van der Waals surface area contributed by atoms with Crippen LogP contribution in [-0.4, -0.2) is 58.0 Å². The molecule has 3 rings (SSSR count). The maximum absolute atomic E-state index is 12.4. The van der Waals surface area contributed by atoms with Crippen molar-refractivity contribution in [3.05, 3.63) is 33.7 Å². The van der Waals surface area contributed by atoms with Crippen LogP contribution in [0.1, 0.15) is 11.3 Å². The lowest BCUT2D eigenvalue weighted by Gasteiger charge is -2.49. The summed E-state index contributed by atoms with van der Waals surface area (Å²) in [7, 11) is 1.22. The number of carboxylic acids is 1. The lowest BCUT2D eigenvalue weighted by atomic mass is 10.0. The molecule has 2 amide bonds. The standard InChI is InChI=1S/C16H16N2O6S2/c1-24-11(20)5-8-7-26-15-12(14(21)18(15)13(8)16(22)23)17-10(19)6-9-3-2-4-25-9/h2-4,12,15H,5-7H2,1H3,(H,17,19)(H,22,23)/t12-,15-/m1/s1. The number of esters is 1. The Morgan fingerprint density at radius 3 is 2.77 bits per heavy atom. The highest BCUT2D eigenvalue weighted by Gasteiger charge is 2.54. The molecule has 2 atom stereocenters. The van der Waals surface area contributed by atoms with Gasteiger partial charge in [-0.15, -0.1) is 23.1 Å². The van der Waals surface area contributed by atoms with Crippen LogP contribution in [0.2, 0.25) is 0 Å². The van der Waals surface area contributed by atoms with E-state index in [0.29, 0.717) is 5.57 Å². The number of carbonyl (C=O) groups is 4. The average Bonchev–Trinajstić information content (AvgIpc) is 3.11. The third-order valence-corrected chi connectivity index (χ3v) is 6.28. The van der Waals surface area contributed by atoms with Gasteiger partial charge in [0.2, 0.25) is 5.91 Å². The highest BCUT2D eigenvalue weighted by atomic mass is 32.2. The number of hydrogen-bond donors (Lipinski definition) is 2. The summed E-state index contributed by atoms with van der Waals surface area (Å²) in [5, 5.41) is 13.5. The van der Waals surface area contributed by atoms with Crippen molar-refractivity contribution in [2.24, 2.45) is 0 Å². The number of nitrogens with one attached hydrogen (secondary N) is 1. The second-order valence-corrected chi connectivity index (χ2v) is 7.86. The first-order valence-electron chi connectivity index (χ1n) is 7.71. The van der Waals surface area contributed by atoms with E-state index in [4.69, 9.17) is 0 Å². The quantitative estimate of drug-likeness (QED) is 0.534. The highest BCUT2D eigenvalue weighted by Crippen LogP contribution is 2.41. The number of rotatable bonds is 6. The number of fused-ring (bicyclic) bond motifs is 1. The van der Waals surface area contributed by atoms with Gasteiger partial charge in [0.15, 0.2) is 0 Å². The number of carboxylic acid groups (broad SMARTS) is 1. The number of ether oxygens (including phenoxy) is 1. The summed E-state index contributed by atoms with van der Waals surface area (Å²) < 4.78 is 4.58. The van der Waals surface area contributed by atoms with Crippen molar-refractivity contribution in [1.82, 2.24) is 10.2 Å². The molecule has 0 unspecified atom stereocenters. The lowest BCUT2D eigenvalue weighted by Crippen LogP contribution is -2.70. The Kier molecular flexibility index (Phi) is 5.33. The molecule has 0 aliphatic carbocycles. The Morgan fingerprint density at radius 1 is 1.38 bits per heavy atom. The van der Waals surface area contributed by atoms with Crippen molar-refractivity contribution < 1.29 is 29.0 Å². The van der Waals surface area contributed by atoms with Gasteiger partial charge in [0, 0.05) is 10.6 Å². The predicted octanol–water partition coefficient (Wildman–Crippen LogP) is 0.592. The highest BCUT2D eigenvalue weighted by molar-refractivity contribution is 8.00. The number of nitrogens with zero attached hydrogens (tertiary/aromatic N) is 1. The summed E-state index contributed by atoms with van der Waals surface area (Å²) >= 11 is 2.77. The molecule has 26 heavy (non-hydrogen) atoms. The molecule has 2 aliphatic heterocycles. The fourth-order valence-corrected chi connectivity index (χ4v) is 4.91. The SMILES string of the molecule is COC(=O)CC1=C(C(=O)O)N2C(=O)[C@@H](NC(=O)Cc3cccs3)[C@H]2SC1. The summed E-state index contributed by atoms with van der Waals surface area (Å²) in [6, 6.07) is 2.91. The van der Waals surface area contributed by atoms with Gasteiger partial charge >= 0.3 is 11.9 Å². The van der Waals surface area contributed by atoms with Crippen molar-refractivity contribution in [2.45, 2.75) is 24.3 Å². The van der Waals surface area contributed by atoms with Crippen LogP contribution in [-0.2, 0) is 30.3 Å². The molecule has 10 heteroatoms. The molecule has 1 fully saturated rings. The van der Waals surface area contributed by atoms with Gasteiger partial charge in [-0.25, -0.2) is 4.79 Å². The third-order valence-electron chi connectivity index (χ3n) is 4.07. The molecule has 1 aromatic rings. The molecule has 1 saturated heterocycles. The summed E-state index contributed by atoms with van der Waals surface area (Å²) in [6.45, 7) is 0. The molecular weight excluding hydrogens is 380 g/mol. The smallest absolute Gasteiger partial charge is 0.352 e. The van der Waals surface area contributed by atoms with Crippen LogP contribution in [0.5, 0.6) is 0 Å². The van der Waals surface area contributed by atoms with Gasteiger partial charge in [-0.3, -0.25) is 19.3 Å². The average molecular weight is 396 g/mol. The molecule has 0 spiro atoms. The molecule has 2 aliphatic rings. The molecule has 0 radical (unpaired) electrons. The zero-order chi connectivity index (χ0) is 18.8. The third kappa shape index (κ3) is 3.47. The minimum absolute atomic E-state index is 0.175. The van der Waals surface area contributed by atoms with Crippen LogP contribution in [0.25, 0.3) is 0 Å². The van der Waals surface area contributed by atoms with Crippen molar-refractivity contribution in [3.8, 4) is 0 Å². The van der Waals surface area contributed by atoms with Crippen molar-refractivity contribution >= 4 is 46.9 Å².